The summed E-state index contributed by atoms with van der Waals surface area (Å²) in [5.74, 6) is -2.97. The molecule has 0 unspecified atom stereocenters. The molecule has 1 aliphatic carbocycles. The summed E-state index contributed by atoms with van der Waals surface area (Å²) in [5, 5.41) is 28.3. The number of carboxylic acid groups (broad SMARTS) is 1. The molecule has 0 saturated heterocycles. The Labute approximate surface area is 201 Å². The lowest BCUT2D eigenvalue weighted by Crippen LogP contribution is -2.57. The molecule has 1 aliphatic rings. The molecule has 3 rings (SSSR count). The van der Waals surface area contributed by atoms with E-state index in [-0.39, 0.29) is 5.91 Å². The molecule has 1 saturated carbocycles. The standard InChI is InChI=1S/C23H24N4O.C2HF3O2/c24-15-18-6-10-20(11-7-18)19-8-4-17(5-9-19)14-21(16-25)27-22(28)23(26)12-2-1-3-13-23;3-2(4,5)1(6)7/h4-11,21H,1-3,12-14,26H2,(H,27,28);(H,6,7)/t21-;/m0./s1. The lowest BCUT2D eigenvalue weighted by atomic mass is 9.81. The second kappa shape index (κ2) is 12.0. The lowest BCUT2D eigenvalue weighted by molar-refractivity contribution is -0.192. The number of hydrogen-bond donors (Lipinski definition) is 3. The molecular weight excluding hydrogens is 461 g/mol. The third-order valence-corrected chi connectivity index (χ3v) is 5.64. The van der Waals surface area contributed by atoms with Gasteiger partial charge < -0.3 is 16.2 Å². The fourth-order valence-corrected chi connectivity index (χ4v) is 3.65. The van der Waals surface area contributed by atoms with Crippen molar-refractivity contribution in [3.63, 3.8) is 0 Å². The van der Waals surface area contributed by atoms with Crippen molar-refractivity contribution in [2.45, 2.75) is 56.3 Å². The van der Waals surface area contributed by atoms with E-state index in [1.54, 1.807) is 12.1 Å². The van der Waals surface area contributed by atoms with Gasteiger partial charge in [-0.2, -0.15) is 23.7 Å². The number of nitrogens with zero attached hydrogens (tertiary/aromatic N) is 2. The van der Waals surface area contributed by atoms with Crippen LogP contribution in [0.4, 0.5) is 13.2 Å². The first-order valence-electron chi connectivity index (χ1n) is 10.9. The molecule has 7 nitrogen and oxygen atoms in total. The van der Waals surface area contributed by atoms with Crippen LogP contribution < -0.4 is 11.1 Å². The van der Waals surface area contributed by atoms with Gasteiger partial charge in [0.05, 0.1) is 23.2 Å². The number of carboxylic acids is 1. The fourth-order valence-electron chi connectivity index (χ4n) is 3.65. The normalized spacial score (nSPS) is 15.4. The molecule has 2 aromatic carbocycles. The number of carbonyl (C=O) groups excluding carboxylic acids is 1. The summed E-state index contributed by atoms with van der Waals surface area (Å²) in [6, 6.07) is 19.0. The van der Waals surface area contributed by atoms with Gasteiger partial charge in [0.2, 0.25) is 5.91 Å². The van der Waals surface area contributed by atoms with E-state index in [2.05, 4.69) is 17.5 Å². The average molecular weight is 486 g/mol. The summed E-state index contributed by atoms with van der Waals surface area (Å²) >= 11 is 0. The monoisotopic (exact) mass is 486 g/mol. The molecule has 0 spiro atoms. The van der Waals surface area contributed by atoms with Crippen molar-refractivity contribution in [2.24, 2.45) is 5.73 Å². The van der Waals surface area contributed by atoms with Gasteiger partial charge in [0, 0.05) is 6.42 Å². The van der Waals surface area contributed by atoms with Crippen LogP contribution in [0.2, 0.25) is 0 Å². The number of carbonyl (C=O) groups is 2. The number of halogens is 3. The van der Waals surface area contributed by atoms with Gasteiger partial charge in [-0.3, -0.25) is 4.79 Å². The maximum atomic E-state index is 12.6. The highest BCUT2D eigenvalue weighted by molar-refractivity contribution is 5.86. The molecule has 4 N–H and O–H groups in total. The van der Waals surface area contributed by atoms with Gasteiger partial charge in [0.25, 0.3) is 0 Å². The van der Waals surface area contributed by atoms with Gasteiger partial charge in [-0.05, 0) is 41.7 Å². The Morgan fingerprint density at radius 2 is 1.49 bits per heavy atom. The van der Waals surface area contributed by atoms with Crippen molar-refractivity contribution in [3.05, 3.63) is 59.7 Å². The van der Waals surface area contributed by atoms with E-state index in [4.69, 9.17) is 20.9 Å². The van der Waals surface area contributed by atoms with Gasteiger partial charge in [0.1, 0.15) is 6.04 Å². The zero-order chi connectivity index (χ0) is 26.1. The molecular formula is C25H25F3N4O3. The molecule has 0 aromatic heterocycles. The van der Waals surface area contributed by atoms with Crippen molar-refractivity contribution >= 4 is 11.9 Å². The lowest BCUT2D eigenvalue weighted by Gasteiger charge is -2.32. The molecule has 0 aliphatic heterocycles. The first-order chi connectivity index (χ1) is 16.5. The van der Waals surface area contributed by atoms with E-state index in [1.165, 1.54) is 0 Å². The predicted molar refractivity (Wildman–Crippen MR) is 122 cm³/mol. The summed E-state index contributed by atoms with van der Waals surface area (Å²) in [6.07, 6.45) is -0.270. The first kappa shape index (κ1) is 27.4. The number of nitriles is 2. The maximum Gasteiger partial charge on any atom is 0.490 e. The van der Waals surface area contributed by atoms with Gasteiger partial charge in [-0.15, -0.1) is 0 Å². The second-order valence-corrected chi connectivity index (χ2v) is 8.27. The van der Waals surface area contributed by atoms with E-state index >= 15 is 0 Å². The van der Waals surface area contributed by atoms with Crippen molar-refractivity contribution in [2.75, 3.05) is 0 Å². The van der Waals surface area contributed by atoms with Gasteiger partial charge in [-0.25, -0.2) is 4.79 Å². The highest BCUT2D eigenvalue weighted by atomic mass is 19.4. The van der Waals surface area contributed by atoms with Crippen LogP contribution in [0.25, 0.3) is 11.1 Å². The minimum Gasteiger partial charge on any atom is -0.475 e. The number of nitrogens with one attached hydrogen (secondary N) is 1. The van der Waals surface area contributed by atoms with Crippen LogP contribution in [0.1, 0.15) is 43.2 Å². The first-order valence-corrected chi connectivity index (χ1v) is 10.9. The topological polar surface area (TPSA) is 140 Å². The molecule has 0 radical (unpaired) electrons. The molecule has 0 heterocycles. The van der Waals surface area contributed by atoms with Crippen LogP contribution in [0.3, 0.4) is 0 Å². The zero-order valence-electron chi connectivity index (χ0n) is 18.8. The van der Waals surface area contributed by atoms with Gasteiger partial charge in [0.15, 0.2) is 0 Å². The molecule has 10 heteroatoms. The minimum absolute atomic E-state index is 0.215. The highest BCUT2D eigenvalue weighted by Crippen LogP contribution is 2.26. The molecule has 2 aromatic rings. The summed E-state index contributed by atoms with van der Waals surface area (Å²) in [4.78, 5) is 21.5. The fraction of sp³-hybridized carbons (Fsp3) is 0.360. The van der Waals surface area contributed by atoms with E-state index in [0.29, 0.717) is 24.8 Å². The van der Waals surface area contributed by atoms with E-state index in [0.717, 1.165) is 36.0 Å². The molecule has 0 bridgehead atoms. The van der Waals surface area contributed by atoms with Crippen molar-refractivity contribution in [1.82, 2.24) is 5.32 Å². The average Bonchev–Trinajstić information content (AvgIpc) is 2.84. The Balaban J connectivity index is 0.000000540. The number of amides is 1. The summed E-state index contributed by atoms with van der Waals surface area (Å²) in [5.41, 5.74) is 9.08. The quantitative estimate of drug-likeness (QED) is 0.582. The summed E-state index contributed by atoms with van der Waals surface area (Å²) in [6.45, 7) is 0. The number of benzene rings is 2. The smallest absolute Gasteiger partial charge is 0.475 e. The number of hydrogen-bond acceptors (Lipinski definition) is 5. The minimum atomic E-state index is -5.08. The molecule has 1 amide bonds. The number of rotatable bonds is 5. The molecule has 1 fully saturated rings. The number of aliphatic carboxylic acids is 1. The summed E-state index contributed by atoms with van der Waals surface area (Å²) in [7, 11) is 0. The predicted octanol–water partition coefficient (Wildman–Crippen LogP) is 4.07. The second-order valence-electron chi connectivity index (χ2n) is 8.27. The van der Waals surface area contributed by atoms with Gasteiger partial charge >= 0.3 is 12.1 Å². The van der Waals surface area contributed by atoms with Gasteiger partial charge in [-0.1, -0.05) is 55.7 Å². The van der Waals surface area contributed by atoms with E-state index in [9.17, 15) is 23.2 Å². The molecule has 1 atom stereocenters. The Morgan fingerprint density at radius 1 is 1.00 bits per heavy atom. The van der Waals surface area contributed by atoms with E-state index < -0.39 is 23.7 Å². The Bertz CT molecular complexity index is 1100. The third kappa shape index (κ3) is 8.13. The van der Waals surface area contributed by atoms with Crippen molar-refractivity contribution in [1.29, 1.82) is 10.5 Å². The Kier molecular flexibility index (Phi) is 9.38. The summed E-state index contributed by atoms with van der Waals surface area (Å²) < 4.78 is 31.7. The Morgan fingerprint density at radius 3 is 1.91 bits per heavy atom. The highest BCUT2D eigenvalue weighted by Gasteiger charge is 2.38. The zero-order valence-corrected chi connectivity index (χ0v) is 18.8. The van der Waals surface area contributed by atoms with Crippen molar-refractivity contribution in [3.8, 4) is 23.3 Å². The molecule has 35 heavy (non-hydrogen) atoms. The van der Waals surface area contributed by atoms with Crippen LogP contribution >= 0.6 is 0 Å². The maximum absolute atomic E-state index is 12.6. The van der Waals surface area contributed by atoms with Crippen LogP contribution in [0.5, 0.6) is 0 Å². The largest absolute Gasteiger partial charge is 0.490 e. The third-order valence-electron chi connectivity index (χ3n) is 5.64. The van der Waals surface area contributed by atoms with Crippen LogP contribution in [0, 0.1) is 22.7 Å². The van der Waals surface area contributed by atoms with Crippen LogP contribution in [-0.2, 0) is 16.0 Å². The Hall–Kier alpha value is -3.89. The number of nitrogens with two attached hydrogens (primary N) is 1. The van der Waals surface area contributed by atoms with Crippen molar-refractivity contribution < 1.29 is 27.9 Å². The van der Waals surface area contributed by atoms with Crippen LogP contribution in [0.15, 0.2) is 48.5 Å². The van der Waals surface area contributed by atoms with Crippen LogP contribution in [-0.4, -0.2) is 34.7 Å². The number of alkyl halides is 3. The van der Waals surface area contributed by atoms with E-state index in [1.807, 2.05) is 36.4 Å². The molecule has 184 valence electrons. The SMILES string of the molecule is N#Cc1ccc(-c2ccc(C[C@@H](C#N)NC(=O)C3(N)CCCCC3)cc2)cc1.O=C(O)C(F)(F)F.